The van der Waals surface area contributed by atoms with E-state index in [-0.39, 0.29) is 5.56 Å². The number of pyridine rings is 1. The molecule has 0 aliphatic carbocycles. The maximum atomic E-state index is 12.3. The molecule has 2 aromatic rings. The summed E-state index contributed by atoms with van der Waals surface area (Å²) in [4.78, 5) is 29.1. The fourth-order valence-corrected chi connectivity index (χ4v) is 3.10. The second kappa shape index (κ2) is 4.70. The lowest BCUT2D eigenvalue weighted by Gasteiger charge is -2.06. The maximum Gasteiger partial charge on any atom is 0.339 e. The van der Waals surface area contributed by atoms with Gasteiger partial charge < -0.3 is 4.74 Å². The summed E-state index contributed by atoms with van der Waals surface area (Å²) in [6, 6.07) is 3.31. The van der Waals surface area contributed by atoms with E-state index in [2.05, 4.69) is 4.98 Å². The highest BCUT2D eigenvalue weighted by molar-refractivity contribution is 7.99. The molecule has 0 aromatic carbocycles. The number of nitrogens with zero attached hydrogens (tertiary/aromatic N) is 2. The summed E-state index contributed by atoms with van der Waals surface area (Å²) >= 11 is 1.52. The quantitative estimate of drug-likeness (QED) is 0.778. The van der Waals surface area contributed by atoms with Crippen LogP contribution in [0.5, 0.6) is 0 Å². The minimum absolute atomic E-state index is 0.103. The summed E-state index contributed by atoms with van der Waals surface area (Å²) < 4.78 is 6.35. The van der Waals surface area contributed by atoms with Gasteiger partial charge in [0.25, 0.3) is 5.56 Å². The van der Waals surface area contributed by atoms with Crippen LogP contribution < -0.4 is 5.56 Å². The third-order valence-electron chi connectivity index (χ3n) is 2.95. The molecule has 0 amide bonds. The molecule has 0 saturated carbocycles. The Morgan fingerprint density at radius 2 is 2.37 bits per heavy atom. The van der Waals surface area contributed by atoms with Crippen molar-refractivity contribution in [2.24, 2.45) is 0 Å². The van der Waals surface area contributed by atoms with Crippen LogP contribution in [0.25, 0.3) is 5.65 Å². The van der Waals surface area contributed by atoms with Gasteiger partial charge in [-0.25, -0.2) is 9.78 Å². The number of hydrogen-bond donors (Lipinski definition) is 0. The molecule has 1 aliphatic heterocycles. The average molecular weight is 276 g/mol. The Kier molecular flexibility index (Phi) is 3.02. The van der Waals surface area contributed by atoms with Gasteiger partial charge in [-0.3, -0.25) is 9.20 Å². The van der Waals surface area contributed by atoms with Gasteiger partial charge in [0.15, 0.2) is 0 Å². The molecule has 0 unspecified atom stereocenters. The Bertz CT molecular complexity index is 724. The first-order chi connectivity index (χ1) is 9.20. The molecule has 0 fully saturated rings. The van der Waals surface area contributed by atoms with Crippen LogP contribution >= 0.6 is 11.8 Å². The first-order valence-corrected chi connectivity index (χ1v) is 7.04. The molecule has 19 heavy (non-hydrogen) atoms. The van der Waals surface area contributed by atoms with E-state index in [4.69, 9.17) is 4.74 Å². The van der Waals surface area contributed by atoms with Crippen LogP contribution in [0.2, 0.25) is 0 Å². The minimum Gasteiger partial charge on any atom is -0.462 e. The van der Waals surface area contributed by atoms with Crippen LogP contribution in [-0.4, -0.2) is 27.7 Å². The smallest absolute Gasteiger partial charge is 0.339 e. The predicted octanol–water partition coefficient (Wildman–Crippen LogP) is 1.52. The summed E-state index contributed by atoms with van der Waals surface area (Å²) in [5, 5.41) is 0. The number of carbonyl (C=O) groups excluding carboxylic acids is 1. The monoisotopic (exact) mass is 276 g/mol. The fourth-order valence-electron chi connectivity index (χ4n) is 2.07. The number of esters is 1. The molecule has 0 saturated heterocycles. The fraction of sp³-hybridized carbons (Fsp3) is 0.308. The highest BCUT2D eigenvalue weighted by Gasteiger charge is 2.19. The molecule has 0 atom stereocenters. The molecule has 98 valence electrons. The maximum absolute atomic E-state index is 12.3. The zero-order valence-electron chi connectivity index (χ0n) is 10.4. The standard InChI is InChI=1S/C13H12N2O3S/c1-2-18-13(17)8-3-4-10-14-9-5-6-19-11(9)12(16)15(10)7-8/h3-4,7H,2,5-6H2,1H3. The molecule has 0 spiro atoms. The Morgan fingerprint density at radius 3 is 3.16 bits per heavy atom. The highest BCUT2D eigenvalue weighted by Crippen LogP contribution is 2.26. The van der Waals surface area contributed by atoms with Crippen LogP contribution in [0, 0.1) is 0 Å². The molecule has 1 aliphatic rings. The van der Waals surface area contributed by atoms with Crippen molar-refractivity contribution in [1.82, 2.24) is 9.38 Å². The predicted molar refractivity (Wildman–Crippen MR) is 71.8 cm³/mol. The van der Waals surface area contributed by atoms with E-state index in [1.165, 1.54) is 22.4 Å². The summed E-state index contributed by atoms with van der Waals surface area (Å²) in [7, 11) is 0. The lowest BCUT2D eigenvalue weighted by atomic mass is 10.2. The number of fused-ring (bicyclic) bond motifs is 2. The van der Waals surface area contributed by atoms with Crippen molar-refractivity contribution in [2.45, 2.75) is 18.2 Å². The number of rotatable bonds is 2. The summed E-state index contributed by atoms with van der Waals surface area (Å²) in [5.41, 5.74) is 1.69. The van der Waals surface area contributed by atoms with E-state index in [0.29, 0.717) is 22.7 Å². The highest BCUT2D eigenvalue weighted by atomic mass is 32.2. The molecule has 5 nitrogen and oxygen atoms in total. The van der Waals surface area contributed by atoms with E-state index in [9.17, 15) is 9.59 Å². The lowest BCUT2D eigenvalue weighted by Crippen LogP contribution is -2.19. The Balaban J connectivity index is 2.18. The second-order valence-corrected chi connectivity index (χ2v) is 5.26. The van der Waals surface area contributed by atoms with Gasteiger partial charge in [0, 0.05) is 18.4 Å². The van der Waals surface area contributed by atoms with E-state index in [0.717, 1.165) is 17.9 Å². The van der Waals surface area contributed by atoms with Crippen molar-refractivity contribution >= 4 is 23.4 Å². The molecule has 0 radical (unpaired) electrons. The number of aromatic nitrogens is 2. The van der Waals surface area contributed by atoms with Crippen molar-refractivity contribution in [3.05, 3.63) is 39.9 Å². The van der Waals surface area contributed by atoms with Crippen LogP contribution in [0.3, 0.4) is 0 Å². The van der Waals surface area contributed by atoms with Gasteiger partial charge in [0.1, 0.15) is 5.65 Å². The van der Waals surface area contributed by atoms with Gasteiger partial charge in [0.2, 0.25) is 0 Å². The minimum atomic E-state index is -0.426. The van der Waals surface area contributed by atoms with Crippen LogP contribution in [0.1, 0.15) is 23.0 Å². The third-order valence-corrected chi connectivity index (χ3v) is 4.06. The SMILES string of the molecule is CCOC(=O)c1ccc2nc3c(c(=O)n2c1)SCC3. The van der Waals surface area contributed by atoms with Crippen LogP contribution in [0.15, 0.2) is 28.0 Å². The number of thioether (sulfide) groups is 1. The van der Waals surface area contributed by atoms with Crippen molar-refractivity contribution in [3.8, 4) is 0 Å². The number of aryl methyl sites for hydroxylation is 1. The molecule has 0 N–H and O–H groups in total. The number of ether oxygens (including phenoxy) is 1. The Hall–Kier alpha value is -1.82. The molecule has 3 heterocycles. The van der Waals surface area contributed by atoms with Crippen molar-refractivity contribution in [2.75, 3.05) is 12.4 Å². The van der Waals surface area contributed by atoms with E-state index in [1.807, 2.05) is 0 Å². The van der Waals surface area contributed by atoms with Crippen LogP contribution in [-0.2, 0) is 11.2 Å². The second-order valence-electron chi connectivity index (χ2n) is 4.16. The zero-order chi connectivity index (χ0) is 13.4. The zero-order valence-corrected chi connectivity index (χ0v) is 11.2. The van der Waals surface area contributed by atoms with Gasteiger partial charge in [-0.05, 0) is 19.1 Å². The first-order valence-electron chi connectivity index (χ1n) is 6.06. The van der Waals surface area contributed by atoms with Gasteiger partial charge in [-0.15, -0.1) is 11.8 Å². The Morgan fingerprint density at radius 1 is 1.53 bits per heavy atom. The van der Waals surface area contributed by atoms with E-state index < -0.39 is 5.97 Å². The summed E-state index contributed by atoms with van der Waals surface area (Å²) in [5.74, 6) is 0.462. The van der Waals surface area contributed by atoms with Gasteiger partial charge in [0.05, 0.1) is 22.8 Å². The molecular formula is C13H12N2O3S. The van der Waals surface area contributed by atoms with E-state index >= 15 is 0 Å². The normalized spacial score (nSPS) is 13.5. The first kappa shape index (κ1) is 12.2. The summed E-state index contributed by atoms with van der Waals surface area (Å²) in [6.45, 7) is 2.06. The van der Waals surface area contributed by atoms with Crippen molar-refractivity contribution in [3.63, 3.8) is 0 Å². The van der Waals surface area contributed by atoms with Gasteiger partial charge >= 0.3 is 5.97 Å². The topological polar surface area (TPSA) is 60.7 Å². The molecule has 6 heteroatoms. The van der Waals surface area contributed by atoms with Crippen molar-refractivity contribution < 1.29 is 9.53 Å². The average Bonchev–Trinajstić information content (AvgIpc) is 2.87. The molecular weight excluding hydrogens is 264 g/mol. The Labute approximate surface area is 113 Å². The van der Waals surface area contributed by atoms with Crippen LogP contribution in [0.4, 0.5) is 0 Å². The molecule has 3 rings (SSSR count). The largest absolute Gasteiger partial charge is 0.462 e. The third kappa shape index (κ3) is 2.02. The summed E-state index contributed by atoms with van der Waals surface area (Å²) in [6.07, 6.45) is 2.33. The van der Waals surface area contributed by atoms with Gasteiger partial charge in [-0.1, -0.05) is 0 Å². The number of hydrogen-bond acceptors (Lipinski definition) is 5. The van der Waals surface area contributed by atoms with Crippen molar-refractivity contribution in [1.29, 1.82) is 0 Å². The lowest BCUT2D eigenvalue weighted by molar-refractivity contribution is 0.0525. The van der Waals surface area contributed by atoms with Gasteiger partial charge in [-0.2, -0.15) is 0 Å². The molecule has 2 aromatic heterocycles. The van der Waals surface area contributed by atoms with E-state index in [1.54, 1.807) is 19.1 Å². The number of carbonyl (C=O) groups is 1. The molecule has 0 bridgehead atoms.